The third-order valence-corrected chi connectivity index (χ3v) is 2.53. The second-order valence-electron chi connectivity index (χ2n) is 3.62. The maximum Gasteiger partial charge on any atom is 0.0264 e. The molecule has 1 heteroatoms. The number of nitrogens with two attached hydrogens (primary N) is 1. The summed E-state index contributed by atoms with van der Waals surface area (Å²) in [5.41, 5.74) is 7.24. The summed E-state index contributed by atoms with van der Waals surface area (Å²) < 4.78 is 0. The van der Waals surface area contributed by atoms with E-state index in [2.05, 4.69) is 42.5 Å². The molecule has 0 bridgehead atoms. The predicted octanol–water partition coefficient (Wildman–Crippen LogP) is 2.33. The molecule has 0 aliphatic heterocycles. The maximum absolute atomic E-state index is 5.86. The molecule has 68 valence electrons. The average molecular weight is 173 g/mol. The Morgan fingerprint density at radius 1 is 1.15 bits per heavy atom. The molecule has 0 aromatic rings. The van der Waals surface area contributed by atoms with Gasteiger partial charge >= 0.3 is 0 Å². The minimum absolute atomic E-state index is 0.222. The van der Waals surface area contributed by atoms with Gasteiger partial charge < -0.3 is 5.73 Å². The summed E-state index contributed by atoms with van der Waals surface area (Å²) in [7, 11) is 0. The van der Waals surface area contributed by atoms with E-state index in [1.807, 2.05) is 0 Å². The Hall–Kier alpha value is -1.08. The van der Waals surface area contributed by atoms with Crippen LogP contribution in [0.1, 0.15) is 12.8 Å². The van der Waals surface area contributed by atoms with E-state index in [0.717, 1.165) is 12.8 Å². The SMILES string of the molecule is NC1C=C(C2C=CC=CC2)C=CC1. The summed E-state index contributed by atoms with van der Waals surface area (Å²) in [4.78, 5) is 0. The van der Waals surface area contributed by atoms with E-state index in [-0.39, 0.29) is 6.04 Å². The highest BCUT2D eigenvalue weighted by Gasteiger charge is 2.12. The van der Waals surface area contributed by atoms with Crippen molar-refractivity contribution >= 4 is 0 Å². The zero-order chi connectivity index (χ0) is 9.10. The Morgan fingerprint density at radius 2 is 2.08 bits per heavy atom. The van der Waals surface area contributed by atoms with Gasteiger partial charge in [-0.05, 0) is 18.4 Å². The van der Waals surface area contributed by atoms with E-state index < -0.39 is 0 Å². The van der Waals surface area contributed by atoms with E-state index in [4.69, 9.17) is 5.73 Å². The molecule has 2 rings (SSSR count). The Bertz CT molecular complexity index is 294. The van der Waals surface area contributed by atoms with Gasteiger partial charge in [0.25, 0.3) is 0 Å². The van der Waals surface area contributed by atoms with Gasteiger partial charge in [-0.3, -0.25) is 0 Å². The van der Waals surface area contributed by atoms with Gasteiger partial charge in [-0.25, -0.2) is 0 Å². The van der Waals surface area contributed by atoms with Crippen LogP contribution in [0, 0.1) is 5.92 Å². The molecule has 2 unspecified atom stereocenters. The minimum atomic E-state index is 0.222. The van der Waals surface area contributed by atoms with Crippen LogP contribution >= 0.6 is 0 Å². The summed E-state index contributed by atoms with van der Waals surface area (Å²) in [6.45, 7) is 0. The van der Waals surface area contributed by atoms with Crippen molar-refractivity contribution in [1.29, 1.82) is 0 Å². The normalized spacial score (nSPS) is 31.9. The van der Waals surface area contributed by atoms with Crippen molar-refractivity contribution in [3.05, 3.63) is 48.1 Å². The van der Waals surface area contributed by atoms with Crippen LogP contribution in [0.15, 0.2) is 48.1 Å². The number of rotatable bonds is 1. The van der Waals surface area contributed by atoms with E-state index in [1.54, 1.807) is 0 Å². The Balaban J connectivity index is 2.12. The molecule has 0 amide bonds. The third kappa shape index (κ3) is 1.99. The van der Waals surface area contributed by atoms with Crippen LogP contribution in [0.25, 0.3) is 0 Å². The molecule has 2 aliphatic carbocycles. The topological polar surface area (TPSA) is 26.0 Å². The number of hydrogen-bond acceptors (Lipinski definition) is 1. The molecule has 2 aliphatic rings. The molecule has 1 nitrogen and oxygen atoms in total. The van der Waals surface area contributed by atoms with Gasteiger partial charge in [-0.15, -0.1) is 0 Å². The zero-order valence-electron chi connectivity index (χ0n) is 7.69. The lowest BCUT2D eigenvalue weighted by Crippen LogP contribution is -2.19. The maximum atomic E-state index is 5.86. The fourth-order valence-electron chi connectivity index (χ4n) is 1.81. The first-order chi connectivity index (χ1) is 6.36. The van der Waals surface area contributed by atoms with Crippen LogP contribution < -0.4 is 5.73 Å². The van der Waals surface area contributed by atoms with Crippen LogP contribution in [0.4, 0.5) is 0 Å². The second kappa shape index (κ2) is 3.75. The molecule has 0 radical (unpaired) electrons. The summed E-state index contributed by atoms with van der Waals surface area (Å²) in [6.07, 6.45) is 17.3. The Morgan fingerprint density at radius 3 is 2.77 bits per heavy atom. The van der Waals surface area contributed by atoms with E-state index in [0.29, 0.717) is 5.92 Å². The van der Waals surface area contributed by atoms with Crippen LogP contribution in [0.5, 0.6) is 0 Å². The molecular formula is C12H15N. The molecule has 0 saturated carbocycles. The number of allylic oxidation sites excluding steroid dienone is 6. The van der Waals surface area contributed by atoms with Crippen LogP contribution in [-0.4, -0.2) is 6.04 Å². The average Bonchev–Trinajstić information content (AvgIpc) is 2.19. The lowest BCUT2D eigenvalue weighted by atomic mass is 9.88. The summed E-state index contributed by atoms with van der Waals surface area (Å²) in [5, 5.41) is 0. The Kier molecular flexibility index (Phi) is 2.46. The van der Waals surface area contributed by atoms with Crippen molar-refractivity contribution in [2.75, 3.05) is 0 Å². The second-order valence-corrected chi connectivity index (χ2v) is 3.62. The third-order valence-electron chi connectivity index (χ3n) is 2.53. The molecule has 2 N–H and O–H groups in total. The van der Waals surface area contributed by atoms with Crippen molar-refractivity contribution in [1.82, 2.24) is 0 Å². The van der Waals surface area contributed by atoms with Crippen molar-refractivity contribution in [3.8, 4) is 0 Å². The van der Waals surface area contributed by atoms with E-state index in [1.165, 1.54) is 5.57 Å². The minimum Gasteiger partial charge on any atom is -0.324 e. The Labute approximate surface area is 79.3 Å². The molecule has 0 saturated heterocycles. The molecular weight excluding hydrogens is 158 g/mol. The summed E-state index contributed by atoms with van der Waals surface area (Å²) in [6, 6.07) is 0.222. The molecule has 0 spiro atoms. The van der Waals surface area contributed by atoms with Gasteiger partial charge in [0.2, 0.25) is 0 Å². The van der Waals surface area contributed by atoms with Crippen molar-refractivity contribution < 1.29 is 0 Å². The highest BCUT2D eigenvalue weighted by molar-refractivity contribution is 5.33. The fourth-order valence-corrected chi connectivity index (χ4v) is 1.81. The van der Waals surface area contributed by atoms with Gasteiger partial charge in [0.1, 0.15) is 0 Å². The van der Waals surface area contributed by atoms with Gasteiger partial charge in [0.05, 0.1) is 0 Å². The van der Waals surface area contributed by atoms with Crippen molar-refractivity contribution in [2.45, 2.75) is 18.9 Å². The predicted molar refractivity (Wildman–Crippen MR) is 56.2 cm³/mol. The molecule has 2 atom stereocenters. The van der Waals surface area contributed by atoms with E-state index in [9.17, 15) is 0 Å². The van der Waals surface area contributed by atoms with E-state index >= 15 is 0 Å². The van der Waals surface area contributed by atoms with Crippen LogP contribution in [-0.2, 0) is 0 Å². The highest BCUT2D eigenvalue weighted by atomic mass is 14.6. The highest BCUT2D eigenvalue weighted by Crippen LogP contribution is 2.24. The number of hydrogen-bond donors (Lipinski definition) is 1. The van der Waals surface area contributed by atoms with Gasteiger partial charge in [0.15, 0.2) is 0 Å². The monoisotopic (exact) mass is 173 g/mol. The van der Waals surface area contributed by atoms with Crippen molar-refractivity contribution in [2.24, 2.45) is 11.7 Å². The summed E-state index contributed by atoms with van der Waals surface area (Å²) >= 11 is 0. The standard InChI is InChI=1S/C12H15N/c13-12-8-4-7-11(9-12)10-5-2-1-3-6-10/h1-5,7,9-10,12H,6,8,13H2. The molecule has 0 aromatic heterocycles. The van der Waals surface area contributed by atoms with Gasteiger partial charge in [-0.1, -0.05) is 42.5 Å². The molecule has 0 aromatic carbocycles. The molecule has 13 heavy (non-hydrogen) atoms. The lowest BCUT2D eigenvalue weighted by molar-refractivity contribution is 0.739. The smallest absolute Gasteiger partial charge is 0.0264 e. The molecule has 0 heterocycles. The first kappa shape index (κ1) is 8.52. The fraction of sp³-hybridized carbons (Fsp3) is 0.333. The van der Waals surface area contributed by atoms with Crippen LogP contribution in [0.2, 0.25) is 0 Å². The molecule has 0 fully saturated rings. The van der Waals surface area contributed by atoms with Crippen molar-refractivity contribution in [3.63, 3.8) is 0 Å². The first-order valence-electron chi connectivity index (χ1n) is 4.83. The largest absolute Gasteiger partial charge is 0.324 e. The lowest BCUT2D eigenvalue weighted by Gasteiger charge is -2.19. The quantitative estimate of drug-likeness (QED) is 0.647. The summed E-state index contributed by atoms with van der Waals surface area (Å²) in [5.74, 6) is 0.549. The van der Waals surface area contributed by atoms with Gasteiger partial charge in [0, 0.05) is 12.0 Å². The van der Waals surface area contributed by atoms with Crippen LogP contribution in [0.3, 0.4) is 0 Å². The zero-order valence-corrected chi connectivity index (χ0v) is 7.69. The van der Waals surface area contributed by atoms with Gasteiger partial charge in [-0.2, -0.15) is 0 Å². The first-order valence-corrected chi connectivity index (χ1v) is 4.83.